The summed E-state index contributed by atoms with van der Waals surface area (Å²) in [6.45, 7) is 0. The lowest BCUT2D eigenvalue weighted by Crippen LogP contribution is -2.10. The van der Waals surface area contributed by atoms with E-state index in [2.05, 4.69) is 0 Å². The zero-order valence-corrected chi connectivity index (χ0v) is 7.38. The van der Waals surface area contributed by atoms with Crippen molar-refractivity contribution in [1.82, 2.24) is 0 Å². The predicted octanol–water partition coefficient (Wildman–Crippen LogP) is 1.08. The largest absolute Gasteiger partial charge is 0.269 e. The fraction of sp³-hybridized carbons (Fsp3) is 0.143. The summed E-state index contributed by atoms with van der Waals surface area (Å²) in [5.41, 5.74) is 0.101. The minimum Gasteiger partial charge on any atom is -0.258 e. The van der Waals surface area contributed by atoms with Gasteiger partial charge in [-0.2, -0.15) is 0 Å². The second-order valence-electron chi connectivity index (χ2n) is 2.31. The van der Waals surface area contributed by atoms with Crippen LogP contribution in [0.1, 0.15) is 0 Å². The monoisotopic (exact) mass is 185 g/mol. The Morgan fingerprint density at radius 1 is 1.42 bits per heavy atom. The number of rotatable bonds is 2. The minimum atomic E-state index is -0.423. The summed E-state index contributed by atoms with van der Waals surface area (Å²) >= 11 is -0.323. The Balaban J connectivity index is 2.93. The molecule has 5 heteroatoms. The second-order valence-corrected chi connectivity index (χ2v) is 3.90. The molecule has 2 N–H and O–H groups in total. The van der Waals surface area contributed by atoms with Crippen LogP contribution in [0.2, 0.25) is 0 Å². The first kappa shape index (κ1) is 9.02. The van der Waals surface area contributed by atoms with Crippen LogP contribution < -0.4 is 5.14 Å². The number of hydrogen-bond donors (Lipinski definition) is 1. The average Bonchev–Trinajstić information content (AvgIpc) is 2.04. The molecule has 0 aliphatic carbocycles. The maximum Gasteiger partial charge on any atom is 0.269 e. The number of benzene rings is 1. The van der Waals surface area contributed by atoms with Crippen molar-refractivity contribution in [1.29, 1.82) is 0 Å². The van der Waals surface area contributed by atoms with Gasteiger partial charge in [0.1, 0.15) is 17.3 Å². The van der Waals surface area contributed by atoms with E-state index >= 15 is 0 Å². The predicted molar refractivity (Wildman–Crippen MR) is 48.8 cm³/mol. The molecule has 0 amide bonds. The first-order chi connectivity index (χ1) is 5.61. The van der Waals surface area contributed by atoms with Crippen molar-refractivity contribution in [2.75, 3.05) is 6.26 Å². The van der Waals surface area contributed by atoms with Gasteiger partial charge in [0.25, 0.3) is 5.69 Å². The van der Waals surface area contributed by atoms with Crippen LogP contribution in [0.25, 0.3) is 0 Å². The second kappa shape index (κ2) is 3.55. The summed E-state index contributed by atoms with van der Waals surface area (Å²) in [6.07, 6.45) is 1.86. The molecule has 1 aromatic rings. The van der Waals surface area contributed by atoms with Gasteiger partial charge in [-0.05, 0) is 0 Å². The van der Waals surface area contributed by atoms with Crippen LogP contribution in [-0.2, 0) is 11.1 Å². The molecule has 1 unspecified atom stereocenters. The highest BCUT2D eigenvalue weighted by molar-refractivity contribution is 7.94. The molecule has 0 saturated carbocycles. The Morgan fingerprint density at radius 3 is 2.25 bits per heavy atom. The molecule has 0 heterocycles. The van der Waals surface area contributed by atoms with E-state index in [0.717, 1.165) is 4.90 Å². The lowest BCUT2D eigenvalue weighted by atomic mass is 10.3. The van der Waals surface area contributed by atoms with Gasteiger partial charge in [-0.15, -0.1) is 5.14 Å². The van der Waals surface area contributed by atoms with Gasteiger partial charge >= 0.3 is 0 Å². The smallest absolute Gasteiger partial charge is 0.258 e. The van der Waals surface area contributed by atoms with Crippen LogP contribution >= 0.6 is 0 Å². The van der Waals surface area contributed by atoms with E-state index in [-0.39, 0.29) is 16.8 Å². The lowest BCUT2D eigenvalue weighted by Gasteiger charge is -1.93. The standard InChI is InChI=1S/C7H9N2O2S/c1-12(8)7-4-2-6(3-5-7)9(10)11/h2-5H,8H2,1H3/q+1. The average molecular weight is 185 g/mol. The summed E-state index contributed by atoms with van der Waals surface area (Å²) in [5, 5.41) is 15.9. The molecular weight excluding hydrogens is 176 g/mol. The zero-order chi connectivity index (χ0) is 9.14. The van der Waals surface area contributed by atoms with E-state index in [9.17, 15) is 10.1 Å². The van der Waals surface area contributed by atoms with Crippen LogP contribution in [0.4, 0.5) is 5.69 Å². The first-order valence-corrected chi connectivity index (χ1v) is 4.95. The van der Waals surface area contributed by atoms with Crippen LogP contribution in [0.15, 0.2) is 29.2 Å². The maximum atomic E-state index is 10.3. The van der Waals surface area contributed by atoms with Gasteiger partial charge in [-0.1, -0.05) is 0 Å². The first-order valence-electron chi connectivity index (χ1n) is 3.26. The Bertz CT molecular complexity index is 284. The van der Waals surface area contributed by atoms with E-state index in [1.54, 1.807) is 12.1 Å². The highest BCUT2D eigenvalue weighted by atomic mass is 32.2. The maximum absolute atomic E-state index is 10.3. The Morgan fingerprint density at radius 2 is 1.92 bits per heavy atom. The van der Waals surface area contributed by atoms with E-state index < -0.39 is 4.92 Å². The normalized spacial score (nSPS) is 12.5. The van der Waals surface area contributed by atoms with Crippen LogP contribution in [-0.4, -0.2) is 11.2 Å². The fourth-order valence-electron chi connectivity index (χ4n) is 0.783. The van der Waals surface area contributed by atoms with Crippen LogP contribution in [0, 0.1) is 10.1 Å². The topological polar surface area (TPSA) is 69.2 Å². The molecular formula is C7H9N2O2S+. The van der Waals surface area contributed by atoms with Crippen molar-refractivity contribution < 1.29 is 4.92 Å². The molecule has 0 fully saturated rings. The SMILES string of the molecule is C[S+](N)c1ccc([N+](=O)[O-])cc1. The molecule has 12 heavy (non-hydrogen) atoms. The third-order valence-electron chi connectivity index (χ3n) is 1.42. The van der Waals surface area contributed by atoms with Gasteiger partial charge in [0.2, 0.25) is 0 Å². The fourth-order valence-corrected chi connectivity index (χ4v) is 1.35. The van der Waals surface area contributed by atoms with Crippen molar-refractivity contribution in [2.24, 2.45) is 5.14 Å². The molecule has 0 bridgehead atoms. The number of nitrogens with two attached hydrogens (primary N) is 1. The Labute approximate surface area is 73.0 Å². The quantitative estimate of drug-likeness (QED) is 0.425. The molecule has 1 aromatic carbocycles. The Kier molecular flexibility index (Phi) is 2.67. The van der Waals surface area contributed by atoms with Gasteiger partial charge in [0.15, 0.2) is 4.90 Å². The summed E-state index contributed by atoms with van der Waals surface area (Å²) in [5.74, 6) is 0. The molecule has 4 nitrogen and oxygen atoms in total. The van der Waals surface area contributed by atoms with E-state index in [1.165, 1.54) is 12.1 Å². The number of non-ortho nitro benzene ring substituents is 1. The third-order valence-corrected chi connectivity index (χ3v) is 2.44. The molecule has 0 aliphatic rings. The van der Waals surface area contributed by atoms with E-state index in [0.29, 0.717) is 0 Å². The van der Waals surface area contributed by atoms with Crippen molar-refractivity contribution in [3.05, 3.63) is 34.4 Å². The highest BCUT2D eigenvalue weighted by Gasteiger charge is 2.11. The molecule has 0 aromatic heterocycles. The molecule has 0 radical (unpaired) electrons. The third kappa shape index (κ3) is 1.96. The molecule has 0 saturated heterocycles. The van der Waals surface area contributed by atoms with Crippen LogP contribution in [0.3, 0.4) is 0 Å². The van der Waals surface area contributed by atoms with Crippen molar-refractivity contribution in [3.8, 4) is 0 Å². The zero-order valence-electron chi connectivity index (χ0n) is 6.56. The Hall–Kier alpha value is -1.07. The molecule has 0 aliphatic heterocycles. The molecule has 1 rings (SSSR count). The van der Waals surface area contributed by atoms with Crippen molar-refractivity contribution in [3.63, 3.8) is 0 Å². The number of nitro benzene ring substituents is 1. The number of nitro groups is 1. The summed E-state index contributed by atoms with van der Waals surface area (Å²) in [4.78, 5) is 10.8. The lowest BCUT2D eigenvalue weighted by molar-refractivity contribution is -0.384. The van der Waals surface area contributed by atoms with Crippen molar-refractivity contribution >= 4 is 16.8 Å². The van der Waals surface area contributed by atoms with Crippen LogP contribution in [0.5, 0.6) is 0 Å². The molecule has 1 atom stereocenters. The van der Waals surface area contributed by atoms with Crippen molar-refractivity contribution in [2.45, 2.75) is 4.90 Å². The van der Waals surface area contributed by atoms with Gasteiger partial charge < -0.3 is 0 Å². The van der Waals surface area contributed by atoms with Gasteiger partial charge in [-0.25, -0.2) is 0 Å². The number of nitrogens with zero attached hydrogens (tertiary/aromatic N) is 1. The van der Waals surface area contributed by atoms with Gasteiger partial charge in [-0.3, -0.25) is 10.1 Å². The highest BCUT2D eigenvalue weighted by Crippen LogP contribution is 2.14. The summed E-state index contributed by atoms with van der Waals surface area (Å²) in [7, 11) is 0. The van der Waals surface area contributed by atoms with Gasteiger partial charge in [0.05, 0.1) is 4.92 Å². The number of hydrogen-bond acceptors (Lipinski definition) is 3. The summed E-state index contributed by atoms with van der Waals surface area (Å²) < 4.78 is 0. The van der Waals surface area contributed by atoms with Gasteiger partial charge in [0, 0.05) is 24.3 Å². The van der Waals surface area contributed by atoms with E-state index in [1.807, 2.05) is 6.26 Å². The minimum absolute atomic E-state index is 0.101. The summed E-state index contributed by atoms with van der Waals surface area (Å²) in [6, 6.07) is 6.29. The molecule has 0 spiro atoms. The van der Waals surface area contributed by atoms with E-state index in [4.69, 9.17) is 5.14 Å². The molecule has 64 valence electrons.